The second-order valence-corrected chi connectivity index (χ2v) is 3.96. The van der Waals surface area contributed by atoms with E-state index in [4.69, 9.17) is 5.11 Å². The molecule has 5 nitrogen and oxygen atoms in total. The molecule has 1 unspecified atom stereocenters. The summed E-state index contributed by atoms with van der Waals surface area (Å²) in [5.74, 6) is 3.39. The first-order valence-electron chi connectivity index (χ1n) is 5.91. The largest absolute Gasteiger partial charge is 0.384 e. The molecule has 1 rings (SSSR count). The molecule has 0 fully saturated rings. The number of likely N-dealkylation sites (N-methyl/N-ethyl adjacent to an activating group) is 1. The molecule has 0 aliphatic carbocycles. The lowest BCUT2D eigenvalue weighted by atomic mass is 10.1. The van der Waals surface area contributed by atoms with E-state index in [-0.39, 0.29) is 23.6 Å². The number of amides is 2. The molecule has 1 aromatic rings. The van der Waals surface area contributed by atoms with E-state index in [2.05, 4.69) is 22.5 Å². The van der Waals surface area contributed by atoms with E-state index < -0.39 is 17.8 Å². The van der Waals surface area contributed by atoms with Crippen LogP contribution in [0.3, 0.4) is 0 Å². The molecule has 0 aliphatic heterocycles. The van der Waals surface area contributed by atoms with Gasteiger partial charge in [-0.2, -0.15) is 0 Å². The summed E-state index contributed by atoms with van der Waals surface area (Å²) in [4.78, 5) is 23.4. The Hall–Kier alpha value is -2.39. The number of carbonyl (C=O) groups is 2. The molecule has 1 atom stereocenters. The lowest BCUT2D eigenvalue weighted by Crippen LogP contribution is -2.43. The minimum absolute atomic E-state index is 0.0155. The number of rotatable bonds is 3. The highest BCUT2D eigenvalue weighted by Gasteiger charge is 2.17. The number of carbonyl (C=O) groups excluding carboxylic acids is 2. The zero-order chi connectivity index (χ0) is 15.1. The number of aliphatic hydroxyl groups is 1. The van der Waals surface area contributed by atoms with Crippen molar-refractivity contribution < 1.29 is 19.1 Å². The Kier molecular flexibility index (Phi) is 5.69. The first-order chi connectivity index (χ1) is 9.49. The minimum atomic E-state index is -0.755. The van der Waals surface area contributed by atoms with Crippen LogP contribution in [0.1, 0.15) is 22.8 Å². The lowest BCUT2D eigenvalue weighted by Gasteiger charge is -2.13. The van der Waals surface area contributed by atoms with Gasteiger partial charge in [-0.1, -0.05) is 11.8 Å². The second-order valence-electron chi connectivity index (χ2n) is 3.96. The van der Waals surface area contributed by atoms with Crippen molar-refractivity contribution in [3.05, 3.63) is 35.1 Å². The van der Waals surface area contributed by atoms with Crippen molar-refractivity contribution in [2.45, 2.75) is 13.0 Å². The van der Waals surface area contributed by atoms with Crippen molar-refractivity contribution in [1.29, 1.82) is 0 Å². The maximum absolute atomic E-state index is 13.2. The lowest BCUT2D eigenvalue weighted by molar-refractivity contribution is -0.122. The highest BCUT2D eigenvalue weighted by atomic mass is 19.1. The van der Waals surface area contributed by atoms with E-state index in [1.807, 2.05) is 0 Å². The summed E-state index contributed by atoms with van der Waals surface area (Å²) >= 11 is 0. The molecule has 20 heavy (non-hydrogen) atoms. The summed E-state index contributed by atoms with van der Waals surface area (Å²) in [6.07, 6.45) is 0. The predicted molar refractivity (Wildman–Crippen MR) is 71.4 cm³/mol. The summed E-state index contributed by atoms with van der Waals surface area (Å²) < 4.78 is 13.2. The van der Waals surface area contributed by atoms with Crippen LogP contribution in [0.5, 0.6) is 0 Å². The van der Waals surface area contributed by atoms with Gasteiger partial charge in [0.1, 0.15) is 18.5 Å². The molecule has 0 saturated heterocycles. The normalized spacial score (nSPS) is 11.0. The van der Waals surface area contributed by atoms with Crippen LogP contribution in [0.15, 0.2) is 18.2 Å². The van der Waals surface area contributed by atoms with Crippen molar-refractivity contribution in [3.8, 4) is 11.8 Å². The standard InChI is InChI=1S/C14H15FN2O3/c1-9(13(19)16-2)17-14(20)12-8-11(15)6-5-10(12)4-3-7-18/h5-6,8-9,18H,7H2,1-2H3,(H,16,19)(H,17,20). The van der Waals surface area contributed by atoms with Gasteiger partial charge < -0.3 is 15.7 Å². The molecule has 0 aliphatic rings. The van der Waals surface area contributed by atoms with Gasteiger partial charge in [0.2, 0.25) is 5.91 Å². The fourth-order valence-electron chi connectivity index (χ4n) is 1.50. The SMILES string of the molecule is CNC(=O)C(C)NC(=O)c1cc(F)ccc1C#CCO. The molecule has 1 aromatic carbocycles. The van der Waals surface area contributed by atoms with Crippen LogP contribution >= 0.6 is 0 Å². The average molecular weight is 278 g/mol. The van der Waals surface area contributed by atoms with Crippen molar-refractivity contribution in [2.75, 3.05) is 13.7 Å². The third-order valence-electron chi connectivity index (χ3n) is 2.52. The summed E-state index contributed by atoms with van der Waals surface area (Å²) in [5, 5.41) is 13.5. The van der Waals surface area contributed by atoms with Crippen molar-refractivity contribution in [1.82, 2.24) is 10.6 Å². The molecular formula is C14H15FN2O3. The van der Waals surface area contributed by atoms with Gasteiger partial charge in [0.25, 0.3) is 5.91 Å². The zero-order valence-electron chi connectivity index (χ0n) is 11.2. The second kappa shape index (κ2) is 7.26. The van der Waals surface area contributed by atoms with Gasteiger partial charge in [0.15, 0.2) is 0 Å². The maximum atomic E-state index is 13.2. The molecule has 106 valence electrons. The van der Waals surface area contributed by atoms with Crippen LogP contribution in [-0.4, -0.2) is 36.6 Å². The van der Waals surface area contributed by atoms with E-state index >= 15 is 0 Å². The maximum Gasteiger partial charge on any atom is 0.253 e. The zero-order valence-corrected chi connectivity index (χ0v) is 11.2. The summed E-state index contributed by atoms with van der Waals surface area (Å²) in [5.41, 5.74) is 0.295. The fourth-order valence-corrected chi connectivity index (χ4v) is 1.50. The van der Waals surface area contributed by atoms with Gasteiger partial charge >= 0.3 is 0 Å². The molecule has 3 N–H and O–H groups in total. The molecule has 0 heterocycles. The highest BCUT2D eigenvalue weighted by Crippen LogP contribution is 2.10. The van der Waals surface area contributed by atoms with Gasteiger partial charge in [-0.05, 0) is 25.1 Å². The molecule has 0 spiro atoms. The number of benzene rings is 1. The number of nitrogens with one attached hydrogen (secondary N) is 2. The van der Waals surface area contributed by atoms with Crippen LogP contribution in [0, 0.1) is 17.7 Å². The first kappa shape index (κ1) is 15.7. The number of hydrogen-bond donors (Lipinski definition) is 3. The summed E-state index contributed by atoms with van der Waals surface area (Å²) in [7, 11) is 1.45. The third-order valence-corrected chi connectivity index (χ3v) is 2.52. The van der Waals surface area contributed by atoms with Gasteiger partial charge in [0.05, 0.1) is 5.56 Å². The Bertz CT molecular complexity index is 576. The van der Waals surface area contributed by atoms with Crippen LogP contribution < -0.4 is 10.6 Å². The number of hydrogen-bond acceptors (Lipinski definition) is 3. The van der Waals surface area contributed by atoms with Crippen molar-refractivity contribution >= 4 is 11.8 Å². The molecule has 0 saturated carbocycles. The first-order valence-corrected chi connectivity index (χ1v) is 5.91. The quantitative estimate of drug-likeness (QED) is 0.683. The van der Waals surface area contributed by atoms with Crippen LogP contribution in [0.4, 0.5) is 4.39 Å². The van der Waals surface area contributed by atoms with E-state index in [0.29, 0.717) is 0 Å². The Morgan fingerprint density at radius 1 is 1.45 bits per heavy atom. The predicted octanol–water partition coefficient (Wildman–Crippen LogP) is 0.0338. The van der Waals surface area contributed by atoms with E-state index in [1.165, 1.54) is 26.1 Å². The smallest absolute Gasteiger partial charge is 0.253 e. The number of halogens is 1. The summed E-state index contributed by atoms with van der Waals surface area (Å²) in [6.45, 7) is 1.14. The molecule has 6 heteroatoms. The monoisotopic (exact) mass is 278 g/mol. The van der Waals surface area contributed by atoms with Gasteiger partial charge in [-0.25, -0.2) is 4.39 Å². The van der Waals surface area contributed by atoms with Gasteiger partial charge in [-0.3, -0.25) is 9.59 Å². The number of aliphatic hydroxyl groups excluding tert-OH is 1. The molecule has 0 aromatic heterocycles. The third kappa shape index (κ3) is 4.07. The highest BCUT2D eigenvalue weighted by molar-refractivity contribution is 5.99. The molecule has 0 radical (unpaired) electrons. The Morgan fingerprint density at radius 2 is 2.15 bits per heavy atom. The van der Waals surface area contributed by atoms with Gasteiger partial charge in [-0.15, -0.1) is 0 Å². The van der Waals surface area contributed by atoms with E-state index in [0.717, 1.165) is 6.07 Å². The molecule has 2 amide bonds. The molecule has 0 bridgehead atoms. The fraction of sp³-hybridized carbons (Fsp3) is 0.286. The van der Waals surface area contributed by atoms with Crippen LogP contribution in [-0.2, 0) is 4.79 Å². The van der Waals surface area contributed by atoms with Crippen molar-refractivity contribution in [3.63, 3.8) is 0 Å². The van der Waals surface area contributed by atoms with Crippen LogP contribution in [0.25, 0.3) is 0 Å². The Labute approximate surface area is 116 Å². The van der Waals surface area contributed by atoms with E-state index in [9.17, 15) is 14.0 Å². The Balaban J connectivity index is 3.02. The molecular weight excluding hydrogens is 263 g/mol. The Morgan fingerprint density at radius 3 is 2.75 bits per heavy atom. The van der Waals surface area contributed by atoms with Crippen molar-refractivity contribution in [2.24, 2.45) is 0 Å². The van der Waals surface area contributed by atoms with Crippen LogP contribution in [0.2, 0.25) is 0 Å². The minimum Gasteiger partial charge on any atom is -0.384 e. The van der Waals surface area contributed by atoms with Gasteiger partial charge in [0, 0.05) is 12.6 Å². The average Bonchev–Trinajstić information content (AvgIpc) is 2.44. The topological polar surface area (TPSA) is 78.4 Å². The van der Waals surface area contributed by atoms with E-state index in [1.54, 1.807) is 0 Å². The summed E-state index contributed by atoms with van der Waals surface area (Å²) in [6, 6.07) is 2.79.